The van der Waals surface area contributed by atoms with E-state index in [1.807, 2.05) is 0 Å². The van der Waals surface area contributed by atoms with E-state index < -0.39 is 23.8 Å². The fourth-order valence-electron chi connectivity index (χ4n) is 2.00. The molecular weight excluding hydrogens is 290 g/mol. The first-order valence-corrected chi connectivity index (χ1v) is 7.29. The van der Waals surface area contributed by atoms with Gasteiger partial charge in [0, 0.05) is 12.6 Å². The van der Waals surface area contributed by atoms with Crippen molar-refractivity contribution in [3.63, 3.8) is 0 Å². The molecule has 22 heavy (non-hydrogen) atoms. The molecule has 1 heterocycles. The van der Waals surface area contributed by atoms with Crippen LogP contribution in [0.25, 0.3) is 0 Å². The zero-order valence-electron chi connectivity index (χ0n) is 13.5. The summed E-state index contributed by atoms with van der Waals surface area (Å²) in [5.74, 6) is -0.463. The van der Waals surface area contributed by atoms with E-state index in [2.05, 4.69) is 4.74 Å². The normalized spacial score (nSPS) is 18.4. The van der Waals surface area contributed by atoms with Crippen LogP contribution in [0, 0.1) is 0 Å². The Hall–Kier alpha value is -2.05. The second kappa shape index (κ2) is 7.82. The van der Waals surface area contributed by atoms with Crippen molar-refractivity contribution in [3.05, 3.63) is 12.2 Å². The molecule has 1 rings (SSSR count). The summed E-state index contributed by atoms with van der Waals surface area (Å²) in [5.41, 5.74) is -0.731. The van der Waals surface area contributed by atoms with Crippen LogP contribution in [0.15, 0.2) is 12.2 Å². The Morgan fingerprint density at radius 2 is 1.95 bits per heavy atom. The molecule has 1 fully saturated rings. The minimum atomic E-state index is -1.03. The van der Waals surface area contributed by atoms with E-state index in [1.54, 1.807) is 33.8 Å². The highest BCUT2D eigenvalue weighted by molar-refractivity contribution is 5.83. The smallest absolute Gasteiger partial charge is 0.463 e. The van der Waals surface area contributed by atoms with E-state index in [-0.39, 0.29) is 12.6 Å². The van der Waals surface area contributed by atoms with Gasteiger partial charge in [0.15, 0.2) is 0 Å². The molecule has 0 aromatic carbocycles. The number of likely N-dealkylation sites (tertiary alicyclic amines) is 1. The maximum atomic E-state index is 12.0. The Morgan fingerprint density at radius 3 is 2.55 bits per heavy atom. The highest BCUT2D eigenvalue weighted by Crippen LogP contribution is 2.20. The number of ether oxygens (including phenoxy) is 3. The van der Waals surface area contributed by atoms with Gasteiger partial charge in [0.25, 0.3) is 0 Å². The van der Waals surface area contributed by atoms with Gasteiger partial charge in [-0.3, -0.25) is 0 Å². The van der Waals surface area contributed by atoms with Crippen molar-refractivity contribution in [3.8, 4) is 0 Å². The minimum absolute atomic E-state index is 0.290. The predicted octanol–water partition coefficient (Wildman–Crippen LogP) is 2.64. The second-order valence-corrected chi connectivity index (χ2v) is 5.85. The molecule has 0 bridgehead atoms. The largest absolute Gasteiger partial charge is 0.517 e. The predicted molar refractivity (Wildman–Crippen MR) is 78.2 cm³/mol. The maximum absolute atomic E-state index is 12.0. The molecule has 0 radical (unpaired) electrons. The highest BCUT2D eigenvalue weighted by atomic mass is 16.8. The standard InChI is InChI=1S/C15H23NO6/c1-5-20-12(17)9-8-11-7-6-10-16(11)13(18)21-14(19)22-15(2,3)4/h8-9,11H,5-7,10H2,1-4H3. The van der Waals surface area contributed by atoms with Gasteiger partial charge in [0.1, 0.15) is 5.60 Å². The monoisotopic (exact) mass is 313 g/mol. The molecule has 1 aliphatic rings. The third kappa shape index (κ3) is 6.15. The van der Waals surface area contributed by atoms with Crippen LogP contribution in [0.1, 0.15) is 40.5 Å². The van der Waals surface area contributed by atoms with Gasteiger partial charge in [-0.2, -0.15) is 0 Å². The number of carbonyl (C=O) groups is 3. The number of nitrogens with zero attached hydrogens (tertiary/aromatic N) is 1. The minimum Gasteiger partial charge on any atom is -0.463 e. The van der Waals surface area contributed by atoms with Crippen LogP contribution >= 0.6 is 0 Å². The summed E-state index contributed by atoms with van der Waals surface area (Å²) in [6.45, 7) is 7.50. The zero-order chi connectivity index (χ0) is 16.8. The van der Waals surface area contributed by atoms with Gasteiger partial charge < -0.3 is 19.1 Å². The number of rotatable bonds is 3. The van der Waals surface area contributed by atoms with Crippen molar-refractivity contribution >= 4 is 18.2 Å². The van der Waals surface area contributed by atoms with Crippen LogP contribution in [-0.4, -0.2) is 47.9 Å². The van der Waals surface area contributed by atoms with Crippen molar-refractivity contribution in [1.82, 2.24) is 4.90 Å². The summed E-state index contributed by atoms with van der Waals surface area (Å²) >= 11 is 0. The van der Waals surface area contributed by atoms with Crippen molar-refractivity contribution in [2.45, 2.75) is 52.2 Å². The summed E-state index contributed by atoms with van der Waals surface area (Å²) in [6.07, 6.45) is 2.53. The maximum Gasteiger partial charge on any atom is 0.517 e. The van der Waals surface area contributed by atoms with Crippen molar-refractivity contribution < 1.29 is 28.6 Å². The lowest BCUT2D eigenvalue weighted by Gasteiger charge is -2.22. The van der Waals surface area contributed by atoms with Gasteiger partial charge in [0.05, 0.1) is 12.6 Å². The molecule has 0 aromatic rings. The van der Waals surface area contributed by atoms with E-state index in [0.29, 0.717) is 13.0 Å². The van der Waals surface area contributed by atoms with Crippen LogP contribution < -0.4 is 0 Å². The van der Waals surface area contributed by atoms with E-state index in [1.165, 1.54) is 11.0 Å². The lowest BCUT2D eigenvalue weighted by atomic mass is 10.2. The van der Waals surface area contributed by atoms with Gasteiger partial charge in [-0.05, 0) is 40.5 Å². The molecule has 1 saturated heterocycles. The Kier molecular flexibility index (Phi) is 6.39. The van der Waals surface area contributed by atoms with E-state index in [0.717, 1.165) is 6.42 Å². The quantitative estimate of drug-likeness (QED) is 0.452. The van der Waals surface area contributed by atoms with Crippen molar-refractivity contribution in [2.24, 2.45) is 0 Å². The van der Waals surface area contributed by atoms with Gasteiger partial charge in [-0.15, -0.1) is 0 Å². The fourth-order valence-corrected chi connectivity index (χ4v) is 2.00. The first-order chi connectivity index (χ1) is 10.2. The van der Waals surface area contributed by atoms with Crippen LogP contribution in [0.3, 0.4) is 0 Å². The Morgan fingerprint density at radius 1 is 1.27 bits per heavy atom. The Balaban J connectivity index is 2.57. The topological polar surface area (TPSA) is 82.1 Å². The van der Waals surface area contributed by atoms with Gasteiger partial charge in [-0.25, -0.2) is 14.4 Å². The molecular formula is C15H23NO6. The van der Waals surface area contributed by atoms with E-state index in [9.17, 15) is 14.4 Å². The molecule has 1 atom stereocenters. The van der Waals surface area contributed by atoms with Crippen LogP contribution in [0.4, 0.5) is 9.59 Å². The van der Waals surface area contributed by atoms with Gasteiger partial charge in [0.2, 0.25) is 0 Å². The summed E-state index contributed by atoms with van der Waals surface area (Å²) in [7, 11) is 0. The molecule has 0 spiro atoms. The molecule has 1 amide bonds. The molecule has 7 heteroatoms. The summed E-state index contributed by atoms with van der Waals surface area (Å²) in [5, 5.41) is 0. The lowest BCUT2D eigenvalue weighted by Crippen LogP contribution is -2.37. The molecule has 0 aliphatic carbocycles. The number of carbonyl (C=O) groups excluding carboxylic acids is 3. The van der Waals surface area contributed by atoms with Crippen molar-refractivity contribution in [2.75, 3.05) is 13.2 Å². The Labute approximate surface area is 130 Å². The molecule has 7 nitrogen and oxygen atoms in total. The number of hydrogen-bond acceptors (Lipinski definition) is 6. The van der Waals surface area contributed by atoms with Gasteiger partial charge >= 0.3 is 18.2 Å². The van der Waals surface area contributed by atoms with Crippen LogP contribution in [0.5, 0.6) is 0 Å². The van der Waals surface area contributed by atoms with E-state index >= 15 is 0 Å². The average molecular weight is 313 g/mol. The van der Waals surface area contributed by atoms with Crippen LogP contribution in [0.2, 0.25) is 0 Å². The number of hydrogen-bond donors (Lipinski definition) is 0. The summed E-state index contributed by atoms with van der Waals surface area (Å²) in [6, 6.07) is -0.292. The van der Waals surface area contributed by atoms with Gasteiger partial charge in [-0.1, -0.05) is 6.08 Å². The molecule has 124 valence electrons. The molecule has 0 aromatic heterocycles. The molecule has 0 N–H and O–H groups in total. The zero-order valence-corrected chi connectivity index (χ0v) is 13.5. The molecule has 1 unspecified atom stereocenters. The molecule has 1 aliphatic heterocycles. The van der Waals surface area contributed by atoms with Crippen LogP contribution in [-0.2, 0) is 19.0 Å². The van der Waals surface area contributed by atoms with E-state index in [4.69, 9.17) is 9.47 Å². The first-order valence-electron chi connectivity index (χ1n) is 7.29. The second-order valence-electron chi connectivity index (χ2n) is 5.85. The highest BCUT2D eigenvalue weighted by Gasteiger charge is 2.31. The summed E-state index contributed by atoms with van der Waals surface area (Å²) < 4.78 is 14.4. The number of esters is 1. The Bertz CT molecular complexity index is 451. The average Bonchev–Trinajstić information content (AvgIpc) is 2.82. The first kappa shape index (κ1) is 18.0. The fraction of sp³-hybridized carbons (Fsp3) is 0.667. The lowest BCUT2D eigenvalue weighted by molar-refractivity contribution is -0.137. The third-order valence-electron chi connectivity index (χ3n) is 2.83. The SMILES string of the molecule is CCOC(=O)C=CC1CCCN1C(=O)OC(=O)OC(C)(C)C. The van der Waals surface area contributed by atoms with Crippen molar-refractivity contribution in [1.29, 1.82) is 0 Å². The summed E-state index contributed by atoms with van der Waals surface area (Å²) in [4.78, 5) is 36.2. The molecule has 0 saturated carbocycles. The number of amides is 1. The third-order valence-corrected chi connectivity index (χ3v) is 2.83.